The van der Waals surface area contributed by atoms with Crippen LogP contribution >= 0.6 is 0 Å². The van der Waals surface area contributed by atoms with Gasteiger partial charge in [0.2, 0.25) is 0 Å². The highest BCUT2D eigenvalue weighted by molar-refractivity contribution is 5.80. The number of aliphatic carboxylic acids is 1. The first-order valence-corrected chi connectivity index (χ1v) is 7.70. The number of hydrogen-bond acceptors (Lipinski definition) is 3. The summed E-state index contributed by atoms with van der Waals surface area (Å²) in [7, 11) is 4.13. The van der Waals surface area contributed by atoms with Gasteiger partial charge in [0, 0.05) is 26.2 Å². The van der Waals surface area contributed by atoms with Crippen LogP contribution in [0.15, 0.2) is 0 Å². The lowest BCUT2D eigenvalue weighted by Crippen LogP contribution is -2.49. The third-order valence-electron chi connectivity index (χ3n) is 3.69. The van der Waals surface area contributed by atoms with Crippen molar-refractivity contribution in [1.82, 2.24) is 14.7 Å². The summed E-state index contributed by atoms with van der Waals surface area (Å²) in [5, 5.41) is 8.97. The monoisotopic (exact) mass is 299 g/mol. The molecule has 1 saturated heterocycles. The molecule has 0 spiro atoms. The molecule has 1 fully saturated rings. The van der Waals surface area contributed by atoms with Gasteiger partial charge in [0.15, 0.2) is 0 Å². The molecule has 0 radical (unpaired) electrons. The molecule has 0 aromatic carbocycles. The topological polar surface area (TPSA) is 64.1 Å². The molecule has 0 saturated carbocycles. The average Bonchev–Trinajstić information content (AvgIpc) is 2.36. The third-order valence-corrected chi connectivity index (χ3v) is 3.69. The summed E-state index contributed by atoms with van der Waals surface area (Å²) in [4.78, 5) is 28.8. The normalized spacial score (nSPS) is 16.6. The number of carbonyl (C=O) groups is 2. The van der Waals surface area contributed by atoms with Crippen LogP contribution in [0, 0.1) is 11.8 Å². The predicted molar refractivity (Wildman–Crippen MR) is 82.3 cm³/mol. The lowest BCUT2D eigenvalue weighted by molar-refractivity contribution is -0.137. The van der Waals surface area contributed by atoms with Crippen LogP contribution in [0.1, 0.15) is 26.7 Å². The molecule has 0 aliphatic carbocycles. The number of hydrogen-bond donors (Lipinski definition) is 1. The van der Waals surface area contributed by atoms with Crippen molar-refractivity contribution in [3.63, 3.8) is 0 Å². The number of carbonyl (C=O) groups excluding carboxylic acids is 1. The molecule has 1 heterocycles. The van der Waals surface area contributed by atoms with Gasteiger partial charge in [0.25, 0.3) is 0 Å². The Kier molecular flexibility index (Phi) is 6.95. The summed E-state index contributed by atoms with van der Waals surface area (Å²) in [5.74, 6) is -0.0619. The van der Waals surface area contributed by atoms with E-state index >= 15 is 0 Å². The standard InChI is InChI=1S/C15H29N3O3/c1-12(2)9-18(11-14(19)20)15(21)17-7-5-13(6-8-17)10-16(3)4/h12-13H,5-11H2,1-4H3,(H,19,20). The van der Waals surface area contributed by atoms with Crippen molar-refractivity contribution in [2.45, 2.75) is 26.7 Å². The van der Waals surface area contributed by atoms with Crippen LogP contribution < -0.4 is 0 Å². The number of likely N-dealkylation sites (tertiary alicyclic amines) is 1. The second kappa shape index (κ2) is 8.22. The summed E-state index contributed by atoms with van der Waals surface area (Å²) >= 11 is 0. The van der Waals surface area contributed by atoms with Crippen LogP contribution in [0.2, 0.25) is 0 Å². The van der Waals surface area contributed by atoms with Gasteiger partial charge in [-0.15, -0.1) is 0 Å². The van der Waals surface area contributed by atoms with Crippen molar-refractivity contribution in [2.24, 2.45) is 11.8 Å². The minimum Gasteiger partial charge on any atom is -0.480 e. The van der Waals surface area contributed by atoms with Crippen LogP contribution in [0.5, 0.6) is 0 Å². The number of nitrogens with zero attached hydrogens (tertiary/aromatic N) is 3. The zero-order chi connectivity index (χ0) is 16.0. The Labute approximate surface area is 127 Å². The number of piperidine rings is 1. The molecule has 21 heavy (non-hydrogen) atoms. The van der Waals surface area contributed by atoms with Gasteiger partial charge in [0.1, 0.15) is 6.54 Å². The van der Waals surface area contributed by atoms with Crippen molar-refractivity contribution in [3.8, 4) is 0 Å². The van der Waals surface area contributed by atoms with Crippen molar-refractivity contribution in [1.29, 1.82) is 0 Å². The number of urea groups is 1. The third kappa shape index (κ3) is 6.33. The van der Waals surface area contributed by atoms with Crippen LogP contribution in [0.25, 0.3) is 0 Å². The summed E-state index contributed by atoms with van der Waals surface area (Å²) < 4.78 is 0. The van der Waals surface area contributed by atoms with E-state index in [1.54, 1.807) is 4.90 Å². The van der Waals surface area contributed by atoms with Gasteiger partial charge in [-0.05, 0) is 38.8 Å². The average molecular weight is 299 g/mol. The van der Waals surface area contributed by atoms with E-state index in [1.165, 1.54) is 4.90 Å². The molecule has 0 unspecified atom stereocenters. The van der Waals surface area contributed by atoms with Gasteiger partial charge in [-0.2, -0.15) is 0 Å². The minimum atomic E-state index is -0.952. The van der Waals surface area contributed by atoms with E-state index in [9.17, 15) is 9.59 Å². The Balaban J connectivity index is 2.54. The van der Waals surface area contributed by atoms with E-state index in [0.717, 1.165) is 32.5 Å². The largest absolute Gasteiger partial charge is 0.480 e. The molecule has 2 amide bonds. The Morgan fingerprint density at radius 1 is 1.24 bits per heavy atom. The maximum atomic E-state index is 12.5. The quantitative estimate of drug-likeness (QED) is 0.806. The van der Waals surface area contributed by atoms with E-state index < -0.39 is 5.97 Å². The molecule has 0 aromatic heterocycles. The lowest BCUT2D eigenvalue weighted by atomic mass is 9.96. The molecule has 1 aliphatic rings. The summed E-state index contributed by atoms with van der Waals surface area (Å²) in [6, 6.07) is -0.130. The van der Waals surface area contributed by atoms with Crippen molar-refractivity contribution in [2.75, 3.05) is 46.8 Å². The number of carboxylic acids is 1. The molecule has 1 aliphatic heterocycles. The molecule has 0 atom stereocenters. The van der Waals surface area contributed by atoms with Crippen LogP contribution in [0.4, 0.5) is 4.79 Å². The fourth-order valence-corrected chi connectivity index (χ4v) is 2.84. The first-order chi connectivity index (χ1) is 9.79. The second-order valence-corrected chi connectivity index (χ2v) is 6.64. The maximum absolute atomic E-state index is 12.5. The molecule has 1 rings (SSSR count). The van der Waals surface area contributed by atoms with E-state index in [-0.39, 0.29) is 18.5 Å². The molecule has 1 N–H and O–H groups in total. The second-order valence-electron chi connectivity index (χ2n) is 6.64. The van der Waals surface area contributed by atoms with Crippen LogP contribution in [-0.2, 0) is 4.79 Å². The number of carboxylic acid groups (broad SMARTS) is 1. The van der Waals surface area contributed by atoms with Gasteiger partial charge in [-0.1, -0.05) is 13.8 Å². The molecular weight excluding hydrogens is 270 g/mol. The van der Waals surface area contributed by atoms with E-state index in [2.05, 4.69) is 19.0 Å². The van der Waals surface area contributed by atoms with Gasteiger partial charge in [-0.3, -0.25) is 4.79 Å². The highest BCUT2D eigenvalue weighted by Crippen LogP contribution is 2.19. The fourth-order valence-electron chi connectivity index (χ4n) is 2.84. The minimum absolute atomic E-state index is 0.130. The number of rotatable bonds is 6. The molecule has 6 nitrogen and oxygen atoms in total. The summed E-state index contributed by atoms with van der Waals surface area (Å²) in [6.07, 6.45) is 1.99. The van der Waals surface area contributed by atoms with Crippen LogP contribution in [0.3, 0.4) is 0 Å². The molecule has 6 heteroatoms. The molecule has 0 bridgehead atoms. The maximum Gasteiger partial charge on any atom is 0.323 e. The number of amides is 2. The zero-order valence-electron chi connectivity index (χ0n) is 13.7. The van der Waals surface area contributed by atoms with Crippen molar-refractivity contribution < 1.29 is 14.7 Å². The molecular formula is C15H29N3O3. The van der Waals surface area contributed by atoms with E-state index in [1.807, 2.05) is 13.8 Å². The SMILES string of the molecule is CC(C)CN(CC(=O)O)C(=O)N1CCC(CN(C)C)CC1. The van der Waals surface area contributed by atoms with Gasteiger partial charge >= 0.3 is 12.0 Å². The smallest absolute Gasteiger partial charge is 0.323 e. The van der Waals surface area contributed by atoms with Crippen molar-refractivity contribution in [3.05, 3.63) is 0 Å². The van der Waals surface area contributed by atoms with Gasteiger partial charge in [-0.25, -0.2) is 4.79 Å². The fraction of sp³-hybridized carbons (Fsp3) is 0.867. The first kappa shape index (κ1) is 17.8. The molecule has 0 aromatic rings. The predicted octanol–water partition coefficient (Wildman–Crippen LogP) is 1.42. The zero-order valence-corrected chi connectivity index (χ0v) is 13.7. The lowest BCUT2D eigenvalue weighted by Gasteiger charge is -2.36. The Morgan fingerprint density at radius 3 is 2.24 bits per heavy atom. The van der Waals surface area contributed by atoms with E-state index in [4.69, 9.17) is 5.11 Å². The van der Waals surface area contributed by atoms with Gasteiger partial charge in [0.05, 0.1) is 0 Å². The Bertz CT molecular complexity index is 350. The van der Waals surface area contributed by atoms with Gasteiger partial charge < -0.3 is 19.8 Å². The highest BCUT2D eigenvalue weighted by Gasteiger charge is 2.27. The van der Waals surface area contributed by atoms with Crippen LogP contribution in [-0.4, -0.2) is 78.6 Å². The van der Waals surface area contributed by atoms with E-state index in [0.29, 0.717) is 12.5 Å². The van der Waals surface area contributed by atoms with Crippen molar-refractivity contribution >= 4 is 12.0 Å². The molecule has 122 valence electrons. The summed E-state index contributed by atoms with van der Waals surface area (Å²) in [6.45, 7) is 6.76. The highest BCUT2D eigenvalue weighted by atomic mass is 16.4. The first-order valence-electron chi connectivity index (χ1n) is 7.70. The Morgan fingerprint density at radius 2 is 1.81 bits per heavy atom. The Hall–Kier alpha value is -1.30. The summed E-state index contributed by atoms with van der Waals surface area (Å²) in [5.41, 5.74) is 0.